The maximum Gasteiger partial charge on any atom is 0.232 e. The molecule has 2 nitrogen and oxygen atoms in total. The van der Waals surface area contributed by atoms with Crippen molar-refractivity contribution < 1.29 is 4.79 Å². The lowest BCUT2D eigenvalue weighted by Crippen LogP contribution is -2.44. The number of nitrogens with zero attached hydrogens (tertiary/aromatic N) is 1. The maximum atomic E-state index is 12.3. The van der Waals surface area contributed by atoms with Gasteiger partial charge in [-0.2, -0.15) is 0 Å². The van der Waals surface area contributed by atoms with Gasteiger partial charge < -0.3 is 4.90 Å². The van der Waals surface area contributed by atoms with Gasteiger partial charge in [0.1, 0.15) is 0 Å². The van der Waals surface area contributed by atoms with Crippen molar-refractivity contribution in [2.45, 2.75) is 76.0 Å². The summed E-state index contributed by atoms with van der Waals surface area (Å²) in [4.78, 5) is 14.5. The number of carbonyl (C=O) groups excluding carboxylic acids is 1. The number of rotatable bonds is 4. The number of thioether (sulfide) groups is 1. The second kappa shape index (κ2) is 7.42. The highest BCUT2D eigenvalue weighted by Crippen LogP contribution is 2.29. The average Bonchev–Trinajstić information content (AvgIpc) is 2.45. The number of amides is 1. The molecule has 0 spiro atoms. The lowest BCUT2D eigenvalue weighted by Gasteiger charge is -2.35. The summed E-state index contributed by atoms with van der Waals surface area (Å²) in [6.45, 7) is 3.22. The molecule has 0 bridgehead atoms. The van der Waals surface area contributed by atoms with Gasteiger partial charge in [-0.05, 0) is 38.5 Å². The lowest BCUT2D eigenvalue weighted by atomic mass is 10.0. The molecule has 0 aromatic heterocycles. The molecule has 0 aromatic rings. The first kappa shape index (κ1) is 14.2. The summed E-state index contributed by atoms with van der Waals surface area (Å²) in [7, 11) is 0. The molecule has 0 N–H and O–H groups in total. The number of hydrogen-bond acceptors (Lipinski definition) is 2. The largest absolute Gasteiger partial charge is 0.339 e. The van der Waals surface area contributed by atoms with E-state index in [1.165, 1.54) is 51.4 Å². The first-order valence-corrected chi connectivity index (χ1v) is 8.77. The maximum absolute atomic E-state index is 12.3. The van der Waals surface area contributed by atoms with Crippen LogP contribution in [0.2, 0.25) is 0 Å². The predicted octanol–water partition coefficient (Wildman–Crippen LogP) is 3.84. The molecule has 1 aliphatic carbocycles. The van der Waals surface area contributed by atoms with Crippen molar-refractivity contribution in [2.75, 3.05) is 12.3 Å². The van der Waals surface area contributed by atoms with E-state index in [0.717, 1.165) is 24.0 Å². The van der Waals surface area contributed by atoms with Crippen molar-refractivity contribution in [2.24, 2.45) is 0 Å². The highest BCUT2D eigenvalue weighted by Gasteiger charge is 2.25. The molecule has 2 fully saturated rings. The van der Waals surface area contributed by atoms with Gasteiger partial charge in [0.05, 0.1) is 5.75 Å². The third-order valence-electron chi connectivity index (χ3n) is 4.41. The Kier molecular flexibility index (Phi) is 5.87. The van der Waals surface area contributed by atoms with E-state index in [0.29, 0.717) is 11.9 Å². The van der Waals surface area contributed by atoms with Crippen molar-refractivity contribution >= 4 is 17.7 Å². The van der Waals surface area contributed by atoms with Crippen molar-refractivity contribution in [3.8, 4) is 0 Å². The summed E-state index contributed by atoms with van der Waals surface area (Å²) in [6.07, 6.45) is 11.6. The summed E-state index contributed by atoms with van der Waals surface area (Å²) < 4.78 is 0. The van der Waals surface area contributed by atoms with Crippen molar-refractivity contribution in [3.63, 3.8) is 0 Å². The fraction of sp³-hybridized carbons (Fsp3) is 0.933. The molecule has 0 unspecified atom stereocenters. The van der Waals surface area contributed by atoms with Crippen LogP contribution < -0.4 is 0 Å². The van der Waals surface area contributed by atoms with Crippen molar-refractivity contribution in [1.29, 1.82) is 0 Å². The molecule has 1 aliphatic heterocycles. The first-order valence-electron chi connectivity index (χ1n) is 7.72. The van der Waals surface area contributed by atoms with Crippen LogP contribution in [0, 0.1) is 0 Å². The number of carbonyl (C=O) groups is 1. The predicted molar refractivity (Wildman–Crippen MR) is 79.0 cm³/mol. The molecule has 0 aromatic carbocycles. The fourth-order valence-corrected chi connectivity index (χ4v) is 4.47. The lowest BCUT2D eigenvalue weighted by molar-refractivity contribution is -0.132. The molecule has 2 rings (SSSR count). The van der Waals surface area contributed by atoms with Gasteiger partial charge in [0.25, 0.3) is 0 Å². The van der Waals surface area contributed by atoms with Gasteiger partial charge in [-0.15, -0.1) is 11.8 Å². The van der Waals surface area contributed by atoms with Gasteiger partial charge in [0, 0.05) is 17.8 Å². The fourth-order valence-electron chi connectivity index (χ4n) is 3.26. The third-order valence-corrected chi connectivity index (χ3v) is 5.77. The molecule has 1 saturated heterocycles. The zero-order chi connectivity index (χ0) is 12.8. The Bertz CT molecular complexity index is 263. The minimum Gasteiger partial charge on any atom is -0.339 e. The molecule has 18 heavy (non-hydrogen) atoms. The van der Waals surface area contributed by atoms with Gasteiger partial charge in [0.15, 0.2) is 0 Å². The van der Waals surface area contributed by atoms with Crippen LogP contribution >= 0.6 is 11.8 Å². The molecule has 2 aliphatic rings. The monoisotopic (exact) mass is 269 g/mol. The molecule has 1 atom stereocenters. The Morgan fingerprint density at radius 3 is 2.56 bits per heavy atom. The van der Waals surface area contributed by atoms with Crippen molar-refractivity contribution in [3.05, 3.63) is 0 Å². The van der Waals surface area contributed by atoms with E-state index < -0.39 is 0 Å². The molecular weight excluding hydrogens is 242 g/mol. The Morgan fingerprint density at radius 1 is 1.11 bits per heavy atom. The molecule has 3 heteroatoms. The smallest absolute Gasteiger partial charge is 0.232 e. The van der Waals surface area contributed by atoms with Gasteiger partial charge >= 0.3 is 0 Å². The normalized spacial score (nSPS) is 26.3. The summed E-state index contributed by atoms with van der Waals surface area (Å²) in [5.41, 5.74) is 0. The highest BCUT2D eigenvalue weighted by molar-refractivity contribution is 8.00. The van der Waals surface area contributed by atoms with Crippen LogP contribution in [0.4, 0.5) is 0 Å². The highest BCUT2D eigenvalue weighted by atomic mass is 32.2. The van der Waals surface area contributed by atoms with E-state index in [4.69, 9.17) is 0 Å². The van der Waals surface area contributed by atoms with E-state index in [-0.39, 0.29) is 0 Å². The number of piperidine rings is 1. The van der Waals surface area contributed by atoms with Gasteiger partial charge in [-0.3, -0.25) is 4.79 Å². The second-order valence-electron chi connectivity index (χ2n) is 5.72. The van der Waals surface area contributed by atoms with Gasteiger partial charge in [-0.25, -0.2) is 0 Å². The number of hydrogen-bond donors (Lipinski definition) is 0. The zero-order valence-corrected chi connectivity index (χ0v) is 12.5. The Labute approximate surface area is 116 Å². The van der Waals surface area contributed by atoms with Crippen LogP contribution in [0.1, 0.15) is 64.7 Å². The summed E-state index contributed by atoms with van der Waals surface area (Å²) in [6, 6.07) is 0.526. The van der Waals surface area contributed by atoms with Gasteiger partial charge in [-0.1, -0.05) is 26.2 Å². The topological polar surface area (TPSA) is 20.3 Å². The minimum atomic E-state index is 0.400. The second-order valence-corrected chi connectivity index (χ2v) is 7.00. The molecule has 1 heterocycles. The Hall–Kier alpha value is -0.180. The van der Waals surface area contributed by atoms with E-state index in [9.17, 15) is 4.79 Å². The van der Waals surface area contributed by atoms with Crippen LogP contribution in [0.15, 0.2) is 0 Å². The summed E-state index contributed by atoms with van der Waals surface area (Å²) >= 11 is 1.92. The molecule has 0 radical (unpaired) electrons. The summed E-state index contributed by atoms with van der Waals surface area (Å²) in [5, 5.41) is 0.757. The van der Waals surface area contributed by atoms with Gasteiger partial charge in [0.2, 0.25) is 5.91 Å². The molecule has 104 valence electrons. The molecule has 1 amide bonds. The van der Waals surface area contributed by atoms with Crippen LogP contribution in [0.25, 0.3) is 0 Å². The third kappa shape index (κ3) is 3.91. The zero-order valence-electron chi connectivity index (χ0n) is 11.7. The van der Waals surface area contributed by atoms with Crippen LogP contribution in [-0.4, -0.2) is 34.4 Å². The van der Waals surface area contributed by atoms with E-state index in [1.807, 2.05) is 11.8 Å². The Morgan fingerprint density at radius 2 is 1.83 bits per heavy atom. The van der Waals surface area contributed by atoms with Crippen LogP contribution in [0.3, 0.4) is 0 Å². The quantitative estimate of drug-likeness (QED) is 0.773. The standard InChI is InChI=1S/C15H27NOS/c1-2-13-8-6-7-11-16(13)15(17)12-18-14-9-4-3-5-10-14/h13-14H,2-12H2,1H3/t13-/m1/s1. The molecule has 1 saturated carbocycles. The van der Waals surface area contributed by atoms with Crippen LogP contribution in [-0.2, 0) is 4.79 Å². The Balaban J connectivity index is 1.75. The minimum absolute atomic E-state index is 0.400. The summed E-state index contributed by atoms with van der Waals surface area (Å²) in [5.74, 6) is 1.12. The molecular formula is C15H27NOS. The van der Waals surface area contributed by atoms with E-state index in [2.05, 4.69) is 11.8 Å². The first-order chi connectivity index (χ1) is 8.81. The average molecular weight is 269 g/mol. The van der Waals surface area contributed by atoms with E-state index >= 15 is 0 Å². The van der Waals surface area contributed by atoms with Crippen molar-refractivity contribution in [1.82, 2.24) is 4.90 Å². The number of likely N-dealkylation sites (tertiary alicyclic amines) is 1. The SMILES string of the molecule is CC[C@@H]1CCCCN1C(=O)CSC1CCCCC1. The van der Waals surface area contributed by atoms with Crippen LogP contribution in [0.5, 0.6) is 0 Å². The van der Waals surface area contributed by atoms with E-state index in [1.54, 1.807) is 0 Å².